The lowest BCUT2D eigenvalue weighted by Gasteiger charge is -2.08. The average Bonchev–Trinajstić information content (AvgIpc) is 3.15. The lowest BCUT2D eigenvalue weighted by atomic mass is 10.1. The van der Waals surface area contributed by atoms with Crippen molar-refractivity contribution < 1.29 is 19.2 Å². The van der Waals surface area contributed by atoms with Crippen molar-refractivity contribution in [2.45, 2.75) is 19.8 Å². The molecule has 0 fully saturated rings. The first kappa shape index (κ1) is 21.3. The molecule has 3 aromatic rings. The zero-order valence-corrected chi connectivity index (χ0v) is 17.6. The Kier molecular flexibility index (Phi) is 6.63. The van der Waals surface area contributed by atoms with Gasteiger partial charge in [-0.3, -0.25) is 20.2 Å². The zero-order chi connectivity index (χ0) is 21.7. The van der Waals surface area contributed by atoms with Crippen molar-refractivity contribution in [1.82, 2.24) is 4.98 Å². The summed E-state index contributed by atoms with van der Waals surface area (Å²) in [6.45, 7) is 2.06. The number of aryl methyl sites for hydroxylation is 1. The fourth-order valence-electron chi connectivity index (χ4n) is 2.96. The molecule has 156 valence electrons. The average molecular weight is 427 g/mol. The van der Waals surface area contributed by atoms with Crippen LogP contribution in [0.5, 0.6) is 11.5 Å². The van der Waals surface area contributed by atoms with Gasteiger partial charge in [0, 0.05) is 22.6 Å². The van der Waals surface area contributed by atoms with E-state index in [1.54, 1.807) is 26.4 Å². The molecule has 0 aliphatic carbocycles. The van der Waals surface area contributed by atoms with Crippen LogP contribution in [0.3, 0.4) is 0 Å². The van der Waals surface area contributed by atoms with Crippen molar-refractivity contribution in [3.63, 3.8) is 0 Å². The lowest BCUT2D eigenvalue weighted by molar-refractivity contribution is -0.385. The monoisotopic (exact) mass is 427 g/mol. The molecular weight excluding hydrogens is 406 g/mol. The van der Waals surface area contributed by atoms with Gasteiger partial charge in [-0.05, 0) is 24.6 Å². The molecule has 3 rings (SSSR count). The number of benzene rings is 2. The second-order valence-electron chi connectivity index (χ2n) is 6.37. The fraction of sp³-hybridized carbons (Fsp3) is 0.238. The molecule has 1 N–H and O–H groups in total. The summed E-state index contributed by atoms with van der Waals surface area (Å²) in [6, 6.07) is 11.3. The Bertz CT molecular complexity index is 1060. The number of hydrogen-bond acceptors (Lipinski definition) is 7. The number of nitro groups is 1. The summed E-state index contributed by atoms with van der Waals surface area (Å²) >= 11 is 1.35. The van der Waals surface area contributed by atoms with E-state index in [2.05, 4.69) is 17.2 Å². The molecule has 0 saturated heterocycles. The van der Waals surface area contributed by atoms with E-state index in [0.29, 0.717) is 16.6 Å². The van der Waals surface area contributed by atoms with Crippen LogP contribution in [0.25, 0.3) is 11.3 Å². The number of para-hydroxylation sites is 1. The number of amides is 1. The Morgan fingerprint density at radius 1 is 1.17 bits per heavy atom. The molecule has 0 aliphatic heterocycles. The minimum atomic E-state index is -0.576. The highest BCUT2D eigenvalue weighted by molar-refractivity contribution is 7.16. The molecule has 0 spiro atoms. The highest BCUT2D eigenvalue weighted by atomic mass is 32.1. The van der Waals surface area contributed by atoms with Gasteiger partial charge >= 0.3 is 0 Å². The normalized spacial score (nSPS) is 10.5. The summed E-state index contributed by atoms with van der Waals surface area (Å²) in [5, 5.41) is 14.3. The van der Waals surface area contributed by atoms with Crippen LogP contribution in [0.4, 0.5) is 10.8 Å². The van der Waals surface area contributed by atoms with Crippen molar-refractivity contribution in [3.8, 4) is 22.8 Å². The summed E-state index contributed by atoms with van der Waals surface area (Å²) < 4.78 is 10.7. The number of hydrogen-bond donors (Lipinski definition) is 1. The minimum absolute atomic E-state index is 0.0145. The van der Waals surface area contributed by atoms with Crippen molar-refractivity contribution in [2.75, 3.05) is 19.5 Å². The molecule has 1 heterocycles. The maximum Gasteiger partial charge on any atom is 0.282 e. The van der Waals surface area contributed by atoms with E-state index in [0.717, 1.165) is 29.0 Å². The number of nitro benzene ring substituents is 1. The van der Waals surface area contributed by atoms with Crippen LogP contribution in [0, 0.1) is 10.1 Å². The Hall–Kier alpha value is -3.46. The number of carbonyl (C=O) groups excluding carboxylic acids is 1. The smallest absolute Gasteiger partial charge is 0.282 e. The van der Waals surface area contributed by atoms with E-state index in [1.165, 1.54) is 29.5 Å². The van der Waals surface area contributed by atoms with Gasteiger partial charge in [-0.1, -0.05) is 25.5 Å². The van der Waals surface area contributed by atoms with Crippen LogP contribution in [0.1, 0.15) is 28.6 Å². The molecule has 8 nitrogen and oxygen atoms in total. The first-order chi connectivity index (χ1) is 14.5. The number of aromatic nitrogens is 1. The van der Waals surface area contributed by atoms with E-state index in [-0.39, 0.29) is 11.3 Å². The third kappa shape index (κ3) is 4.57. The maximum absolute atomic E-state index is 12.7. The third-order valence-corrected chi connectivity index (χ3v) is 5.40. The van der Waals surface area contributed by atoms with Crippen LogP contribution >= 0.6 is 11.3 Å². The van der Waals surface area contributed by atoms with Crippen LogP contribution in [0.15, 0.2) is 42.5 Å². The van der Waals surface area contributed by atoms with Crippen LogP contribution in [-0.2, 0) is 6.42 Å². The molecule has 0 unspecified atom stereocenters. The molecule has 2 aromatic carbocycles. The Balaban J connectivity index is 1.97. The molecule has 0 aliphatic rings. The van der Waals surface area contributed by atoms with Gasteiger partial charge in [0.05, 0.1) is 24.8 Å². The van der Waals surface area contributed by atoms with Gasteiger partial charge in [0.15, 0.2) is 5.13 Å². The number of nitrogens with one attached hydrogen (secondary N) is 1. The number of thiazole rings is 1. The zero-order valence-electron chi connectivity index (χ0n) is 16.8. The minimum Gasteiger partial charge on any atom is -0.497 e. The van der Waals surface area contributed by atoms with Gasteiger partial charge in [0.2, 0.25) is 0 Å². The van der Waals surface area contributed by atoms with Crippen LogP contribution in [-0.4, -0.2) is 30.0 Å². The molecule has 0 radical (unpaired) electrons. The number of anilines is 1. The number of rotatable bonds is 8. The molecule has 30 heavy (non-hydrogen) atoms. The van der Waals surface area contributed by atoms with Crippen LogP contribution in [0.2, 0.25) is 0 Å². The van der Waals surface area contributed by atoms with Crippen molar-refractivity contribution >= 4 is 28.1 Å². The van der Waals surface area contributed by atoms with Crippen molar-refractivity contribution in [2.24, 2.45) is 0 Å². The summed E-state index contributed by atoms with van der Waals surface area (Å²) in [5.74, 6) is 0.685. The van der Waals surface area contributed by atoms with Crippen LogP contribution < -0.4 is 14.8 Å². The van der Waals surface area contributed by atoms with Gasteiger partial charge < -0.3 is 9.47 Å². The van der Waals surface area contributed by atoms with E-state index in [1.807, 2.05) is 12.1 Å². The highest BCUT2D eigenvalue weighted by Crippen LogP contribution is 2.36. The molecule has 0 atom stereocenters. The van der Waals surface area contributed by atoms with Gasteiger partial charge in [0.1, 0.15) is 17.1 Å². The number of nitrogens with zero attached hydrogens (tertiary/aromatic N) is 2. The predicted molar refractivity (Wildman–Crippen MR) is 116 cm³/mol. The Morgan fingerprint density at radius 2 is 1.83 bits per heavy atom. The quantitative estimate of drug-likeness (QED) is 0.403. The number of ether oxygens (including phenoxy) is 2. The first-order valence-corrected chi connectivity index (χ1v) is 10.1. The number of methoxy groups -OCH3 is 2. The van der Waals surface area contributed by atoms with Crippen molar-refractivity contribution in [1.29, 1.82) is 0 Å². The third-order valence-electron chi connectivity index (χ3n) is 4.37. The molecule has 9 heteroatoms. The molecule has 1 aromatic heterocycles. The SMILES string of the molecule is CCCc1sc(NC(=O)c2ccccc2[N+](=O)[O-])nc1-c1cc(OC)cc(OC)c1. The van der Waals surface area contributed by atoms with Gasteiger partial charge in [-0.2, -0.15) is 0 Å². The molecule has 1 amide bonds. The largest absolute Gasteiger partial charge is 0.497 e. The first-order valence-electron chi connectivity index (χ1n) is 9.24. The topological polar surface area (TPSA) is 104 Å². The van der Waals surface area contributed by atoms with Gasteiger partial charge in [-0.25, -0.2) is 4.98 Å². The standard InChI is InChI=1S/C21H21N3O5S/c1-4-7-18-19(13-10-14(28-2)12-15(11-13)29-3)22-21(30-18)23-20(25)16-8-5-6-9-17(16)24(26)27/h5-6,8-12H,4,7H2,1-3H3,(H,22,23,25). The summed E-state index contributed by atoms with van der Waals surface area (Å²) in [4.78, 5) is 28.9. The fourth-order valence-corrected chi connectivity index (χ4v) is 4.04. The molecule has 0 saturated carbocycles. The van der Waals surface area contributed by atoms with E-state index >= 15 is 0 Å². The highest BCUT2D eigenvalue weighted by Gasteiger charge is 2.21. The molecular formula is C21H21N3O5S. The predicted octanol–water partition coefficient (Wildman–Crippen LogP) is 4.94. The van der Waals surface area contributed by atoms with E-state index in [9.17, 15) is 14.9 Å². The maximum atomic E-state index is 12.7. The molecule has 0 bridgehead atoms. The summed E-state index contributed by atoms with van der Waals surface area (Å²) in [6.07, 6.45) is 1.67. The van der Waals surface area contributed by atoms with Crippen molar-refractivity contribution in [3.05, 3.63) is 63.0 Å². The second kappa shape index (κ2) is 9.36. The van der Waals surface area contributed by atoms with Gasteiger partial charge in [0.25, 0.3) is 11.6 Å². The second-order valence-corrected chi connectivity index (χ2v) is 7.45. The number of carbonyl (C=O) groups is 1. The van der Waals surface area contributed by atoms with E-state index < -0.39 is 10.8 Å². The lowest BCUT2D eigenvalue weighted by Crippen LogP contribution is -2.13. The summed E-state index contributed by atoms with van der Waals surface area (Å²) in [7, 11) is 3.15. The van der Waals surface area contributed by atoms with E-state index in [4.69, 9.17) is 9.47 Å². The van der Waals surface area contributed by atoms with Gasteiger partial charge in [-0.15, -0.1) is 11.3 Å². The Morgan fingerprint density at radius 3 is 2.43 bits per heavy atom. The Labute approximate surface area is 177 Å². The summed E-state index contributed by atoms with van der Waals surface area (Å²) in [5.41, 5.74) is 1.26.